The van der Waals surface area contributed by atoms with Gasteiger partial charge < -0.3 is 9.15 Å². The molecule has 2 N–H and O–H groups in total. The minimum atomic E-state index is -4.07. The zero-order valence-corrected chi connectivity index (χ0v) is 17.5. The van der Waals surface area contributed by atoms with Crippen molar-refractivity contribution >= 4 is 43.4 Å². The van der Waals surface area contributed by atoms with E-state index in [0.29, 0.717) is 11.1 Å². The van der Waals surface area contributed by atoms with Crippen LogP contribution < -0.4 is 10.5 Å². The van der Waals surface area contributed by atoms with Gasteiger partial charge in [-0.25, -0.2) is 18.0 Å². The van der Waals surface area contributed by atoms with Gasteiger partial charge in [-0.3, -0.25) is 9.71 Å². The van der Waals surface area contributed by atoms with Crippen molar-refractivity contribution < 1.29 is 22.4 Å². The quantitative estimate of drug-likeness (QED) is 0.453. The molecule has 8 nitrogen and oxygen atoms in total. The molecule has 0 spiro atoms. The number of fused-ring (bicyclic) bond motifs is 1. The van der Waals surface area contributed by atoms with Crippen LogP contribution in [0.2, 0.25) is 0 Å². The van der Waals surface area contributed by atoms with Crippen LogP contribution >= 0.6 is 11.3 Å². The van der Waals surface area contributed by atoms with Crippen LogP contribution in [0.1, 0.15) is 15.2 Å². The molecule has 0 amide bonds. The summed E-state index contributed by atoms with van der Waals surface area (Å²) in [5, 5.41) is 0.147. The Morgan fingerprint density at radius 1 is 1.17 bits per heavy atom. The number of aromatic amines is 1. The molecule has 0 unspecified atom stereocenters. The Morgan fingerprint density at radius 3 is 2.60 bits per heavy atom. The summed E-state index contributed by atoms with van der Waals surface area (Å²) in [4.78, 5) is 27.0. The Bertz CT molecular complexity index is 1410. The highest BCUT2D eigenvalue weighted by Gasteiger charge is 2.27. The van der Waals surface area contributed by atoms with E-state index < -0.39 is 21.7 Å². The second-order valence-corrected chi connectivity index (χ2v) is 9.28. The van der Waals surface area contributed by atoms with Crippen LogP contribution in [0.4, 0.5) is 5.00 Å². The molecule has 154 valence electrons. The van der Waals surface area contributed by atoms with E-state index in [9.17, 15) is 18.0 Å². The summed E-state index contributed by atoms with van der Waals surface area (Å²) in [5.74, 6) is -1.33. The number of benzene rings is 2. The molecular formula is C20H16N2O6S2. The van der Waals surface area contributed by atoms with Crippen molar-refractivity contribution in [1.82, 2.24) is 4.98 Å². The number of thiophene rings is 1. The number of aryl methyl sites for hydroxylation is 1. The fourth-order valence-electron chi connectivity index (χ4n) is 3.14. The number of hydrogen-bond donors (Lipinski definition) is 2. The monoisotopic (exact) mass is 444 g/mol. The smallest absolute Gasteiger partial charge is 0.417 e. The number of sulfonamides is 1. The zero-order valence-electron chi connectivity index (χ0n) is 15.9. The summed E-state index contributed by atoms with van der Waals surface area (Å²) in [6.07, 6.45) is 0. The topological polar surface area (TPSA) is 118 Å². The minimum absolute atomic E-state index is 0.110. The van der Waals surface area contributed by atoms with E-state index in [1.807, 2.05) is 30.3 Å². The number of hydrogen-bond acceptors (Lipinski definition) is 7. The Hall–Kier alpha value is -3.37. The first-order valence-electron chi connectivity index (χ1n) is 8.73. The van der Waals surface area contributed by atoms with E-state index in [-0.39, 0.29) is 21.0 Å². The summed E-state index contributed by atoms with van der Waals surface area (Å²) in [6, 6.07) is 13.2. The van der Waals surface area contributed by atoms with Crippen LogP contribution in [-0.2, 0) is 14.8 Å². The van der Waals surface area contributed by atoms with Crippen molar-refractivity contribution in [3.63, 3.8) is 0 Å². The first kappa shape index (κ1) is 19.9. The lowest BCUT2D eigenvalue weighted by Crippen LogP contribution is -2.15. The van der Waals surface area contributed by atoms with Gasteiger partial charge in [-0.15, -0.1) is 11.3 Å². The maximum absolute atomic E-state index is 13.0. The van der Waals surface area contributed by atoms with Gasteiger partial charge in [0.1, 0.15) is 10.6 Å². The summed E-state index contributed by atoms with van der Waals surface area (Å²) in [5.41, 5.74) is 2.02. The number of ether oxygens (including phenoxy) is 1. The Morgan fingerprint density at radius 2 is 1.90 bits per heavy atom. The van der Waals surface area contributed by atoms with Crippen LogP contribution in [0.5, 0.6) is 0 Å². The molecule has 0 aliphatic carbocycles. The molecule has 4 rings (SSSR count). The second-order valence-electron chi connectivity index (χ2n) is 6.37. The number of esters is 1. The lowest BCUT2D eigenvalue weighted by atomic mass is 10.0. The molecule has 0 aliphatic heterocycles. The molecule has 10 heteroatoms. The van der Waals surface area contributed by atoms with Gasteiger partial charge in [0.15, 0.2) is 5.58 Å². The fraction of sp³-hybridized carbons (Fsp3) is 0.100. The van der Waals surface area contributed by atoms with Crippen LogP contribution in [0, 0.1) is 6.92 Å². The van der Waals surface area contributed by atoms with Crippen LogP contribution in [0.3, 0.4) is 0 Å². The molecule has 0 saturated carbocycles. The van der Waals surface area contributed by atoms with Crippen LogP contribution in [-0.4, -0.2) is 26.5 Å². The largest absolute Gasteiger partial charge is 0.465 e. The van der Waals surface area contributed by atoms with E-state index in [2.05, 4.69) is 9.71 Å². The fourth-order valence-corrected chi connectivity index (χ4v) is 5.52. The summed E-state index contributed by atoms with van der Waals surface area (Å²) in [7, 11) is -2.83. The van der Waals surface area contributed by atoms with E-state index in [4.69, 9.17) is 9.15 Å². The molecule has 0 atom stereocenters. The number of carbonyl (C=O) groups is 1. The first-order valence-corrected chi connectivity index (χ1v) is 11.0. The Labute approximate surface area is 175 Å². The van der Waals surface area contributed by atoms with Crippen molar-refractivity contribution in [2.45, 2.75) is 11.8 Å². The Balaban J connectivity index is 1.81. The van der Waals surface area contributed by atoms with E-state index in [1.165, 1.54) is 25.3 Å². The summed E-state index contributed by atoms with van der Waals surface area (Å²) >= 11 is 1.14. The van der Waals surface area contributed by atoms with Gasteiger partial charge in [0, 0.05) is 16.5 Å². The number of methoxy groups -OCH3 is 1. The maximum atomic E-state index is 13.0. The molecule has 0 radical (unpaired) electrons. The van der Waals surface area contributed by atoms with Crippen molar-refractivity contribution in [1.29, 1.82) is 0 Å². The summed E-state index contributed by atoms with van der Waals surface area (Å²) in [6.45, 7) is 1.80. The van der Waals surface area contributed by atoms with Crippen LogP contribution in [0.25, 0.3) is 22.2 Å². The van der Waals surface area contributed by atoms with Gasteiger partial charge >= 0.3 is 11.7 Å². The molecule has 2 aromatic carbocycles. The lowest BCUT2D eigenvalue weighted by molar-refractivity contribution is 0.0603. The van der Waals surface area contributed by atoms with Crippen molar-refractivity contribution in [2.24, 2.45) is 0 Å². The molecule has 0 aliphatic rings. The first-order chi connectivity index (χ1) is 14.3. The van der Waals surface area contributed by atoms with E-state index >= 15 is 0 Å². The molecule has 0 saturated heterocycles. The number of nitrogens with one attached hydrogen (secondary N) is 2. The maximum Gasteiger partial charge on any atom is 0.417 e. The van der Waals surface area contributed by atoms with Gasteiger partial charge in [0.05, 0.1) is 17.5 Å². The summed E-state index contributed by atoms with van der Waals surface area (Å²) < 4.78 is 38.3. The predicted octanol–water partition coefficient (Wildman–Crippen LogP) is 3.75. The third-order valence-corrected chi connectivity index (χ3v) is 6.96. The molecule has 0 fully saturated rings. The average molecular weight is 444 g/mol. The molecule has 2 heterocycles. The predicted molar refractivity (Wildman–Crippen MR) is 113 cm³/mol. The van der Waals surface area contributed by atoms with E-state index in [1.54, 1.807) is 6.92 Å². The second kappa shape index (κ2) is 7.47. The van der Waals surface area contributed by atoms with Gasteiger partial charge in [-0.05, 0) is 24.6 Å². The highest BCUT2D eigenvalue weighted by molar-refractivity contribution is 7.93. The third-order valence-electron chi connectivity index (χ3n) is 4.47. The highest BCUT2D eigenvalue weighted by atomic mass is 32.2. The van der Waals surface area contributed by atoms with Gasteiger partial charge in [0.25, 0.3) is 10.0 Å². The number of oxazole rings is 1. The number of rotatable bonds is 5. The highest BCUT2D eigenvalue weighted by Crippen LogP contribution is 2.41. The third kappa shape index (κ3) is 3.51. The number of H-pyrrole nitrogens is 1. The van der Waals surface area contributed by atoms with E-state index in [0.717, 1.165) is 21.8 Å². The van der Waals surface area contributed by atoms with Crippen molar-refractivity contribution in [3.8, 4) is 11.1 Å². The number of carbonyl (C=O) groups excluding carboxylic acids is 1. The van der Waals surface area contributed by atoms with Gasteiger partial charge in [-0.1, -0.05) is 30.3 Å². The van der Waals surface area contributed by atoms with Gasteiger partial charge in [-0.2, -0.15) is 0 Å². The SMILES string of the molecule is COC(=O)c1c(NS(=O)(=O)c2ccc3[nH]c(=O)oc3c2)sc(C)c1-c1ccccc1. The average Bonchev–Trinajstić information content (AvgIpc) is 3.25. The molecule has 4 aromatic rings. The van der Waals surface area contributed by atoms with Crippen molar-refractivity contribution in [3.05, 3.63) is 69.5 Å². The number of aromatic nitrogens is 1. The number of anilines is 1. The Kier molecular flexibility index (Phi) is 4.96. The molecule has 2 aromatic heterocycles. The lowest BCUT2D eigenvalue weighted by Gasteiger charge is -2.09. The van der Waals surface area contributed by atoms with Crippen molar-refractivity contribution in [2.75, 3.05) is 11.8 Å². The molecular weight excluding hydrogens is 428 g/mol. The minimum Gasteiger partial charge on any atom is -0.465 e. The standard InChI is InChI=1S/C20H16N2O6S2/c1-11-16(12-6-4-3-5-7-12)17(19(23)27-2)18(29-11)22-30(25,26)13-8-9-14-15(10-13)28-20(24)21-14/h3-10,22H,1-2H3,(H,21,24). The van der Waals surface area contributed by atoms with Crippen LogP contribution in [0.15, 0.2) is 62.6 Å². The zero-order chi connectivity index (χ0) is 21.5. The van der Waals surface area contributed by atoms with Gasteiger partial charge in [0.2, 0.25) is 0 Å². The molecule has 30 heavy (non-hydrogen) atoms. The normalized spacial score (nSPS) is 11.5. The molecule has 0 bridgehead atoms.